The highest BCUT2D eigenvalue weighted by atomic mass is 35.5. The van der Waals surface area contributed by atoms with Gasteiger partial charge in [-0.1, -0.05) is 60.1 Å². The molecular formula is C24H19ClN4O4. The molecule has 0 radical (unpaired) electrons. The zero-order valence-electron chi connectivity index (χ0n) is 17.5. The third-order valence-corrected chi connectivity index (χ3v) is 5.14. The van der Waals surface area contributed by atoms with Gasteiger partial charge < -0.3 is 14.8 Å². The second kappa shape index (κ2) is 9.54. The Labute approximate surface area is 193 Å². The Balaban J connectivity index is 1.77. The lowest BCUT2D eigenvalue weighted by Crippen LogP contribution is -2.23. The zero-order chi connectivity index (χ0) is 23.4. The standard InChI is InChI=1S/C24H19ClN4O4/c1-2-33-24-19-16(12-18(27-24)14-8-4-3-5-9-14)21(30)20(28-22(19)31)23(32)29-26-13-15-10-6-7-11-17(15)25/h3-13,30H,2H2,1H3,(H,28,31)(H,29,32)/b26-13+. The number of benzene rings is 2. The first-order chi connectivity index (χ1) is 16.0. The molecule has 0 saturated carbocycles. The van der Waals surface area contributed by atoms with Gasteiger partial charge in [-0.15, -0.1) is 0 Å². The number of amides is 1. The molecular weight excluding hydrogens is 444 g/mol. The molecule has 0 aliphatic carbocycles. The van der Waals surface area contributed by atoms with Crippen LogP contribution in [-0.2, 0) is 0 Å². The summed E-state index contributed by atoms with van der Waals surface area (Å²) in [7, 11) is 0. The summed E-state index contributed by atoms with van der Waals surface area (Å²) < 4.78 is 5.56. The van der Waals surface area contributed by atoms with E-state index in [1.807, 2.05) is 30.3 Å². The number of H-pyrrole nitrogens is 1. The predicted molar refractivity (Wildman–Crippen MR) is 127 cm³/mol. The second-order valence-electron chi connectivity index (χ2n) is 6.93. The number of rotatable bonds is 6. The van der Waals surface area contributed by atoms with E-state index in [9.17, 15) is 14.7 Å². The summed E-state index contributed by atoms with van der Waals surface area (Å²) in [5.74, 6) is -1.16. The van der Waals surface area contributed by atoms with Crippen molar-refractivity contribution in [3.63, 3.8) is 0 Å². The number of nitrogens with one attached hydrogen (secondary N) is 2. The molecule has 8 nitrogen and oxygen atoms in total. The molecule has 2 aromatic heterocycles. The molecule has 0 unspecified atom stereocenters. The fourth-order valence-corrected chi connectivity index (χ4v) is 3.44. The van der Waals surface area contributed by atoms with Gasteiger partial charge in [0.2, 0.25) is 5.88 Å². The van der Waals surface area contributed by atoms with Gasteiger partial charge in [-0.2, -0.15) is 5.10 Å². The van der Waals surface area contributed by atoms with Crippen LogP contribution in [0.4, 0.5) is 0 Å². The van der Waals surface area contributed by atoms with E-state index in [0.29, 0.717) is 16.3 Å². The number of hydrogen-bond donors (Lipinski definition) is 3. The third-order valence-electron chi connectivity index (χ3n) is 4.80. The van der Waals surface area contributed by atoms with Gasteiger partial charge in [0.15, 0.2) is 11.4 Å². The van der Waals surface area contributed by atoms with Crippen LogP contribution < -0.4 is 15.7 Å². The van der Waals surface area contributed by atoms with Crippen molar-refractivity contribution in [2.75, 3.05) is 6.61 Å². The molecule has 0 aliphatic rings. The average Bonchev–Trinajstić information content (AvgIpc) is 2.83. The Morgan fingerprint density at radius 1 is 1.21 bits per heavy atom. The number of pyridine rings is 2. The Kier molecular flexibility index (Phi) is 6.37. The number of hydrogen-bond acceptors (Lipinski definition) is 6. The van der Waals surface area contributed by atoms with Crippen molar-refractivity contribution in [3.8, 4) is 22.9 Å². The van der Waals surface area contributed by atoms with Crippen LogP contribution in [-0.4, -0.2) is 33.8 Å². The maximum atomic E-state index is 12.8. The highest BCUT2D eigenvalue weighted by molar-refractivity contribution is 6.33. The molecule has 9 heteroatoms. The molecule has 33 heavy (non-hydrogen) atoms. The van der Waals surface area contributed by atoms with Crippen LogP contribution in [0, 0.1) is 0 Å². The normalized spacial score (nSPS) is 11.1. The Hall–Kier alpha value is -4.17. The van der Waals surface area contributed by atoms with Crippen LogP contribution in [0.2, 0.25) is 5.02 Å². The summed E-state index contributed by atoms with van der Waals surface area (Å²) in [5, 5.41) is 15.4. The van der Waals surface area contributed by atoms with Crippen molar-refractivity contribution in [2.24, 2.45) is 5.10 Å². The van der Waals surface area contributed by atoms with Gasteiger partial charge in [0.05, 0.1) is 18.5 Å². The number of hydrazone groups is 1. The number of halogens is 1. The van der Waals surface area contributed by atoms with E-state index in [2.05, 4.69) is 20.5 Å². The SMILES string of the molecule is CCOc1nc(-c2ccccc2)cc2c(O)c(C(=O)N/N=C/c3ccccc3Cl)[nH]c(=O)c12. The van der Waals surface area contributed by atoms with Crippen molar-refractivity contribution >= 4 is 34.5 Å². The fourth-order valence-electron chi connectivity index (χ4n) is 3.26. The summed E-state index contributed by atoms with van der Waals surface area (Å²) in [4.78, 5) is 32.3. The number of aromatic amines is 1. The van der Waals surface area contributed by atoms with Crippen molar-refractivity contribution in [2.45, 2.75) is 6.92 Å². The van der Waals surface area contributed by atoms with E-state index in [1.165, 1.54) is 6.21 Å². The largest absolute Gasteiger partial charge is 0.505 e. The zero-order valence-corrected chi connectivity index (χ0v) is 18.3. The molecule has 4 rings (SSSR count). The molecule has 4 aromatic rings. The van der Waals surface area contributed by atoms with Crippen molar-refractivity contribution in [1.82, 2.24) is 15.4 Å². The molecule has 3 N–H and O–H groups in total. The summed E-state index contributed by atoms with van der Waals surface area (Å²) in [6.07, 6.45) is 1.36. The van der Waals surface area contributed by atoms with Crippen molar-refractivity contribution in [1.29, 1.82) is 0 Å². The first-order valence-electron chi connectivity index (χ1n) is 10.1. The first kappa shape index (κ1) is 22.0. The Bertz CT molecular complexity index is 1420. The van der Waals surface area contributed by atoms with E-state index >= 15 is 0 Å². The number of aromatic nitrogens is 2. The monoisotopic (exact) mass is 462 g/mol. The van der Waals surface area contributed by atoms with Gasteiger partial charge in [0, 0.05) is 21.5 Å². The molecule has 2 heterocycles. The predicted octanol–water partition coefficient (Wildman–Crippen LogP) is 4.11. The number of ether oxygens (including phenoxy) is 1. The van der Waals surface area contributed by atoms with Gasteiger partial charge >= 0.3 is 0 Å². The van der Waals surface area contributed by atoms with E-state index in [1.54, 1.807) is 37.3 Å². The lowest BCUT2D eigenvalue weighted by atomic mass is 10.1. The first-order valence-corrected chi connectivity index (χ1v) is 10.4. The number of aromatic hydroxyl groups is 1. The van der Waals surface area contributed by atoms with Crippen LogP contribution in [0.1, 0.15) is 23.0 Å². The quantitative estimate of drug-likeness (QED) is 0.294. The van der Waals surface area contributed by atoms with E-state index < -0.39 is 17.2 Å². The number of fused-ring (bicyclic) bond motifs is 1. The molecule has 0 fully saturated rings. The maximum absolute atomic E-state index is 12.8. The summed E-state index contributed by atoms with van der Waals surface area (Å²) in [6, 6.07) is 17.7. The van der Waals surface area contributed by atoms with Crippen LogP contribution in [0.5, 0.6) is 11.6 Å². The molecule has 0 aliphatic heterocycles. The lowest BCUT2D eigenvalue weighted by Gasteiger charge is -2.12. The lowest BCUT2D eigenvalue weighted by molar-refractivity contribution is 0.0947. The molecule has 0 spiro atoms. The summed E-state index contributed by atoms with van der Waals surface area (Å²) >= 11 is 6.06. The smallest absolute Gasteiger partial charge is 0.291 e. The van der Waals surface area contributed by atoms with Crippen LogP contribution in [0.25, 0.3) is 22.0 Å². The van der Waals surface area contributed by atoms with Crippen LogP contribution in [0.3, 0.4) is 0 Å². The van der Waals surface area contributed by atoms with Crippen LogP contribution >= 0.6 is 11.6 Å². The second-order valence-corrected chi connectivity index (χ2v) is 7.34. The van der Waals surface area contributed by atoms with Crippen LogP contribution in [0.15, 0.2) is 70.6 Å². The molecule has 0 bridgehead atoms. The van der Waals surface area contributed by atoms with Gasteiger partial charge in [-0.25, -0.2) is 10.4 Å². The summed E-state index contributed by atoms with van der Waals surface area (Å²) in [6.45, 7) is 2.02. The Morgan fingerprint density at radius 3 is 2.67 bits per heavy atom. The topological polar surface area (TPSA) is 117 Å². The van der Waals surface area contributed by atoms with Gasteiger partial charge in [0.1, 0.15) is 5.39 Å². The minimum Gasteiger partial charge on any atom is -0.505 e. The Morgan fingerprint density at radius 2 is 1.94 bits per heavy atom. The number of carbonyl (C=O) groups excluding carboxylic acids is 1. The third kappa shape index (κ3) is 4.56. The molecule has 0 atom stereocenters. The summed E-state index contributed by atoms with van der Waals surface area (Å²) in [5.41, 5.74) is 3.16. The number of nitrogens with zero attached hydrogens (tertiary/aromatic N) is 2. The minimum absolute atomic E-state index is 0.0464. The minimum atomic E-state index is -0.800. The number of carbonyl (C=O) groups is 1. The van der Waals surface area contributed by atoms with Gasteiger partial charge in [-0.3, -0.25) is 9.59 Å². The molecule has 0 saturated heterocycles. The highest BCUT2D eigenvalue weighted by Gasteiger charge is 2.21. The van der Waals surface area contributed by atoms with Gasteiger partial charge in [0.25, 0.3) is 11.5 Å². The van der Waals surface area contributed by atoms with E-state index in [4.69, 9.17) is 16.3 Å². The molecule has 2 aromatic carbocycles. The van der Waals surface area contributed by atoms with E-state index in [-0.39, 0.29) is 29.0 Å². The van der Waals surface area contributed by atoms with Crippen molar-refractivity contribution in [3.05, 3.63) is 87.3 Å². The van der Waals surface area contributed by atoms with Crippen molar-refractivity contribution < 1.29 is 14.6 Å². The molecule has 1 amide bonds. The molecule has 166 valence electrons. The fraction of sp³-hybridized carbons (Fsp3) is 0.0833. The average molecular weight is 463 g/mol. The highest BCUT2D eigenvalue weighted by Crippen LogP contribution is 2.33. The van der Waals surface area contributed by atoms with Gasteiger partial charge in [-0.05, 0) is 19.1 Å². The maximum Gasteiger partial charge on any atom is 0.291 e. The van der Waals surface area contributed by atoms with E-state index in [0.717, 1.165) is 5.56 Å².